The Morgan fingerprint density at radius 2 is 2.33 bits per heavy atom. The Kier molecular flexibility index (Phi) is 4.83. The van der Waals surface area contributed by atoms with E-state index in [9.17, 15) is 9.59 Å². The third-order valence-corrected chi connectivity index (χ3v) is 2.39. The maximum Gasteiger partial charge on any atom is 0.307 e. The maximum absolute atomic E-state index is 11.4. The molecule has 0 unspecified atom stereocenters. The van der Waals surface area contributed by atoms with Gasteiger partial charge in [0.25, 0.3) is 5.91 Å². The summed E-state index contributed by atoms with van der Waals surface area (Å²) in [7, 11) is 0. The summed E-state index contributed by atoms with van der Waals surface area (Å²) < 4.78 is 4.73. The normalized spacial score (nSPS) is 9.67. The summed E-state index contributed by atoms with van der Waals surface area (Å²) in [5.74, 6) is -0.441. The molecule has 1 heterocycles. The quantitative estimate of drug-likeness (QED) is 0.774. The molecule has 0 saturated heterocycles. The van der Waals surface area contributed by atoms with Gasteiger partial charge in [0.05, 0.1) is 13.0 Å². The Morgan fingerprint density at radius 1 is 1.53 bits per heavy atom. The van der Waals surface area contributed by atoms with E-state index in [1.54, 1.807) is 18.4 Å². The van der Waals surface area contributed by atoms with E-state index in [1.165, 1.54) is 11.3 Å². The van der Waals surface area contributed by atoms with E-state index in [-0.39, 0.29) is 18.3 Å². The average Bonchev–Trinajstić information content (AvgIpc) is 2.70. The lowest BCUT2D eigenvalue weighted by Crippen LogP contribution is -2.26. The maximum atomic E-state index is 11.4. The van der Waals surface area contributed by atoms with E-state index >= 15 is 0 Å². The molecule has 0 radical (unpaired) electrons. The fourth-order valence-corrected chi connectivity index (χ4v) is 1.64. The molecule has 0 aliphatic heterocycles. The van der Waals surface area contributed by atoms with Gasteiger partial charge in [0, 0.05) is 17.5 Å². The second kappa shape index (κ2) is 6.19. The van der Waals surface area contributed by atoms with Crippen molar-refractivity contribution >= 4 is 23.2 Å². The zero-order valence-corrected chi connectivity index (χ0v) is 9.30. The van der Waals surface area contributed by atoms with E-state index in [1.807, 2.05) is 5.38 Å². The van der Waals surface area contributed by atoms with Crippen molar-refractivity contribution in [1.82, 2.24) is 5.32 Å². The standard InChI is InChI=1S/C10H13NO3S/c1-2-14-9(12)3-5-11-10(13)8-4-6-15-7-8/h4,6-7H,2-3,5H2,1H3,(H,11,13). The van der Waals surface area contributed by atoms with Gasteiger partial charge in [0.1, 0.15) is 0 Å². The van der Waals surface area contributed by atoms with Crippen LogP contribution in [0.5, 0.6) is 0 Å². The fraction of sp³-hybridized carbons (Fsp3) is 0.400. The summed E-state index contributed by atoms with van der Waals surface area (Å²) >= 11 is 1.46. The Bertz CT molecular complexity index is 321. The molecule has 1 aromatic heterocycles. The third-order valence-electron chi connectivity index (χ3n) is 1.70. The Morgan fingerprint density at radius 3 is 2.93 bits per heavy atom. The van der Waals surface area contributed by atoms with Crippen LogP contribution in [0.2, 0.25) is 0 Å². The van der Waals surface area contributed by atoms with Gasteiger partial charge >= 0.3 is 5.97 Å². The molecule has 0 saturated carbocycles. The molecule has 1 N–H and O–H groups in total. The number of amides is 1. The number of hydrogen-bond donors (Lipinski definition) is 1. The van der Waals surface area contributed by atoms with Crippen LogP contribution in [0.4, 0.5) is 0 Å². The van der Waals surface area contributed by atoms with Crippen molar-refractivity contribution in [2.24, 2.45) is 0 Å². The number of carbonyl (C=O) groups is 2. The summed E-state index contributed by atoms with van der Waals surface area (Å²) in [6, 6.07) is 1.74. The molecule has 1 amide bonds. The first-order valence-electron chi connectivity index (χ1n) is 4.70. The van der Waals surface area contributed by atoms with Crippen LogP contribution in [0, 0.1) is 0 Å². The van der Waals surface area contributed by atoms with Gasteiger partial charge in [0.15, 0.2) is 0 Å². The molecule has 0 aliphatic carbocycles. The summed E-state index contributed by atoms with van der Waals surface area (Å²) in [5.41, 5.74) is 0.629. The summed E-state index contributed by atoms with van der Waals surface area (Å²) in [4.78, 5) is 22.3. The van der Waals surface area contributed by atoms with Crippen LogP contribution >= 0.6 is 11.3 Å². The molecule has 82 valence electrons. The lowest BCUT2D eigenvalue weighted by molar-refractivity contribution is -0.142. The summed E-state index contributed by atoms with van der Waals surface area (Å²) in [6.45, 7) is 2.44. The molecule has 1 aromatic rings. The largest absolute Gasteiger partial charge is 0.466 e. The molecule has 5 heteroatoms. The van der Waals surface area contributed by atoms with Crippen molar-refractivity contribution in [2.45, 2.75) is 13.3 Å². The Labute approximate surface area is 92.2 Å². The minimum atomic E-state index is -0.289. The number of esters is 1. The molecule has 1 rings (SSSR count). The highest BCUT2D eigenvalue weighted by molar-refractivity contribution is 7.08. The monoisotopic (exact) mass is 227 g/mol. The van der Waals surface area contributed by atoms with Gasteiger partial charge in [-0.1, -0.05) is 0 Å². The van der Waals surface area contributed by atoms with Gasteiger partial charge < -0.3 is 10.1 Å². The lowest BCUT2D eigenvalue weighted by Gasteiger charge is -2.03. The van der Waals surface area contributed by atoms with Crippen molar-refractivity contribution in [2.75, 3.05) is 13.2 Å². The number of ether oxygens (including phenoxy) is 1. The highest BCUT2D eigenvalue weighted by atomic mass is 32.1. The number of thiophene rings is 1. The van der Waals surface area contributed by atoms with Gasteiger partial charge in [-0.3, -0.25) is 9.59 Å². The first-order chi connectivity index (χ1) is 7.24. The predicted molar refractivity (Wildman–Crippen MR) is 57.9 cm³/mol. The van der Waals surface area contributed by atoms with Crippen LogP contribution in [-0.2, 0) is 9.53 Å². The number of carbonyl (C=O) groups excluding carboxylic acids is 2. The molecule has 0 aromatic carbocycles. The Balaban J connectivity index is 2.21. The van der Waals surface area contributed by atoms with Gasteiger partial charge in [-0.25, -0.2) is 0 Å². The van der Waals surface area contributed by atoms with Crippen LogP contribution in [0.25, 0.3) is 0 Å². The summed E-state index contributed by atoms with van der Waals surface area (Å²) in [6.07, 6.45) is 0.212. The van der Waals surface area contributed by atoms with Crippen LogP contribution in [0.3, 0.4) is 0 Å². The third kappa shape index (κ3) is 4.12. The summed E-state index contributed by atoms with van der Waals surface area (Å²) in [5, 5.41) is 6.24. The lowest BCUT2D eigenvalue weighted by atomic mass is 10.3. The van der Waals surface area contributed by atoms with Crippen LogP contribution in [0.15, 0.2) is 16.8 Å². The topological polar surface area (TPSA) is 55.4 Å². The zero-order chi connectivity index (χ0) is 11.1. The fourth-order valence-electron chi connectivity index (χ4n) is 1.01. The van der Waals surface area contributed by atoms with E-state index in [4.69, 9.17) is 4.74 Å². The number of hydrogen-bond acceptors (Lipinski definition) is 4. The van der Waals surface area contributed by atoms with E-state index in [2.05, 4.69) is 5.32 Å². The highest BCUT2D eigenvalue weighted by Gasteiger charge is 2.06. The molecule has 15 heavy (non-hydrogen) atoms. The van der Waals surface area contributed by atoms with Crippen LogP contribution < -0.4 is 5.32 Å². The molecular weight excluding hydrogens is 214 g/mol. The minimum Gasteiger partial charge on any atom is -0.466 e. The smallest absolute Gasteiger partial charge is 0.307 e. The molecule has 4 nitrogen and oxygen atoms in total. The van der Waals surface area contributed by atoms with Gasteiger partial charge in [-0.15, -0.1) is 0 Å². The van der Waals surface area contributed by atoms with E-state index in [0.29, 0.717) is 18.7 Å². The van der Waals surface area contributed by atoms with Crippen molar-refractivity contribution < 1.29 is 14.3 Å². The highest BCUT2D eigenvalue weighted by Crippen LogP contribution is 2.04. The number of nitrogens with one attached hydrogen (secondary N) is 1. The second-order valence-electron chi connectivity index (χ2n) is 2.82. The molecule has 0 aliphatic rings. The first-order valence-corrected chi connectivity index (χ1v) is 5.64. The second-order valence-corrected chi connectivity index (χ2v) is 3.60. The van der Waals surface area contributed by atoms with Gasteiger partial charge in [-0.2, -0.15) is 11.3 Å². The van der Waals surface area contributed by atoms with Crippen LogP contribution in [0.1, 0.15) is 23.7 Å². The molecule has 0 fully saturated rings. The van der Waals surface area contributed by atoms with Crippen molar-refractivity contribution in [3.05, 3.63) is 22.4 Å². The van der Waals surface area contributed by atoms with Crippen molar-refractivity contribution in [3.8, 4) is 0 Å². The predicted octanol–water partition coefficient (Wildman–Crippen LogP) is 1.43. The molecule has 0 bridgehead atoms. The zero-order valence-electron chi connectivity index (χ0n) is 8.49. The van der Waals surface area contributed by atoms with E-state index in [0.717, 1.165) is 0 Å². The average molecular weight is 227 g/mol. The van der Waals surface area contributed by atoms with Crippen molar-refractivity contribution in [1.29, 1.82) is 0 Å². The first kappa shape index (κ1) is 11.7. The molecule has 0 spiro atoms. The van der Waals surface area contributed by atoms with E-state index < -0.39 is 0 Å². The molecular formula is C10H13NO3S. The van der Waals surface area contributed by atoms with Gasteiger partial charge in [-0.05, 0) is 18.4 Å². The molecule has 0 atom stereocenters. The van der Waals surface area contributed by atoms with Gasteiger partial charge in [0.2, 0.25) is 0 Å². The van der Waals surface area contributed by atoms with Crippen molar-refractivity contribution in [3.63, 3.8) is 0 Å². The number of rotatable bonds is 5. The SMILES string of the molecule is CCOC(=O)CCNC(=O)c1ccsc1. The minimum absolute atomic E-state index is 0.152. The van der Waals surface area contributed by atoms with Crippen LogP contribution in [-0.4, -0.2) is 25.0 Å². The Hall–Kier alpha value is -1.36.